The van der Waals surface area contributed by atoms with Crippen molar-refractivity contribution in [3.05, 3.63) is 117 Å². The van der Waals surface area contributed by atoms with E-state index in [4.69, 9.17) is 23.2 Å². The lowest BCUT2D eigenvalue weighted by Gasteiger charge is -2.23. The third kappa shape index (κ3) is 10.8. The van der Waals surface area contributed by atoms with Crippen LogP contribution in [0.4, 0.5) is 22.7 Å². The van der Waals surface area contributed by atoms with E-state index in [9.17, 15) is 38.4 Å². The van der Waals surface area contributed by atoms with Gasteiger partial charge in [-0.05, 0) is 64.3 Å². The summed E-state index contributed by atoms with van der Waals surface area (Å²) in [6.45, 7) is 5.93. The van der Waals surface area contributed by atoms with Gasteiger partial charge in [0.15, 0.2) is 23.1 Å². The molecule has 0 radical (unpaired) electrons. The van der Waals surface area contributed by atoms with Gasteiger partial charge in [0.1, 0.15) is 11.8 Å². The molecule has 14 nitrogen and oxygen atoms in total. The fraction of sp³-hybridized carbons (Fsp3) is 0.289. The maximum atomic E-state index is 13.6. The van der Waals surface area contributed by atoms with Gasteiger partial charge in [0.2, 0.25) is 23.6 Å². The van der Waals surface area contributed by atoms with Crippen LogP contribution in [0.1, 0.15) is 97.8 Å². The van der Waals surface area contributed by atoms with Crippen molar-refractivity contribution in [1.29, 1.82) is 0 Å². The first-order valence-electron chi connectivity index (χ1n) is 19.1. The van der Waals surface area contributed by atoms with Crippen molar-refractivity contribution in [3.8, 4) is 0 Å². The van der Waals surface area contributed by atoms with Crippen molar-refractivity contribution in [2.24, 2.45) is 0 Å². The van der Waals surface area contributed by atoms with Gasteiger partial charge in [0.25, 0.3) is 0 Å². The molecule has 0 saturated carbocycles. The molecule has 0 bridgehead atoms. The molecule has 2 aliphatic carbocycles. The fourth-order valence-electron chi connectivity index (χ4n) is 7.06. The van der Waals surface area contributed by atoms with Crippen LogP contribution in [0.5, 0.6) is 0 Å². The molecule has 16 heteroatoms. The largest absolute Gasteiger partial charge is 0.324 e. The molecule has 0 atom stereocenters. The second kappa shape index (κ2) is 21.5. The molecule has 4 aromatic rings. The van der Waals surface area contributed by atoms with E-state index in [1.54, 1.807) is 48.5 Å². The third-order valence-corrected chi connectivity index (χ3v) is 10.0. The Morgan fingerprint density at radius 3 is 0.967 bits per heavy atom. The molecule has 4 amide bonds. The number of fused-ring (bicyclic) bond motifs is 4. The van der Waals surface area contributed by atoms with Crippen LogP contribution in [0.25, 0.3) is 0 Å². The molecule has 61 heavy (non-hydrogen) atoms. The molecule has 0 aliphatic heterocycles. The lowest BCUT2D eigenvalue weighted by Crippen LogP contribution is -2.33. The van der Waals surface area contributed by atoms with Crippen molar-refractivity contribution in [2.45, 2.75) is 34.1 Å². The summed E-state index contributed by atoms with van der Waals surface area (Å²) < 4.78 is 0. The van der Waals surface area contributed by atoms with Gasteiger partial charge in [-0.25, -0.2) is 0 Å². The van der Waals surface area contributed by atoms with E-state index in [1.807, 2.05) is 37.7 Å². The Morgan fingerprint density at radius 2 is 0.721 bits per heavy atom. The number of hydrogen-bond acceptors (Lipinski definition) is 10. The summed E-state index contributed by atoms with van der Waals surface area (Å²) in [4.78, 5) is 105. The zero-order valence-corrected chi connectivity index (χ0v) is 35.0. The Labute approximate surface area is 364 Å². The summed E-state index contributed by atoms with van der Waals surface area (Å²) in [7, 11) is 3.70. The molecule has 0 aromatic heterocycles. The molecule has 0 spiro atoms. The van der Waals surface area contributed by atoms with Crippen molar-refractivity contribution in [3.63, 3.8) is 0 Å². The first kappa shape index (κ1) is 47.6. The van der Waals surface area contributed by atoms with Crippen molar-refractivity contribution in [2.75, 3.05) is 73.3 Å². The number of hydrogen-bond donors (Lipinski definition) is 4. The Balaban J connectivity index is 0.000000273. The predicted molar refractivity (Wildman–Crippen MR) is 238 cm³/mol. The van der Waals surface area contributed by atoms with E-state index in [-0.39, 0.29) is 112 Å². The van der Waals surface area contributed by atoms with Crippen LogP contribution in [0.15, 0.2) is 72.8 Å². The van der Waals surface area contributed by atoms with E-state index in [1.165, 1.54) is 24.3 Å². The number of likely N-dealkylation sites (N-methyl/N-ethyl adjacent to an activating group) is 2. The molecule has 0 heterocycles. The molecular formula is C45H48Cl2N6O8. The highest BCUT2D eigenvalue weighted by Crippen LogP contribution is 2.37. The smallest absolute Gasteiger partial charge is 0.239 e. The minimum absolute atomic E-state index is 0. The number of carbonyl (C=O) groups excluding carboxylic acids is 8. The van der Waals surface area contributed by atoms with Crippen LogP contribution in [0, 0.1) is 0 Å². The van der Waals surface area contributed by atoms with Gasteiger partial charge in [-0.2, -0.15) is 0 Å². The SMILES string of the molecule is C.CCCN(C)CC(=O)Nc1cccc2c1C(=O)c1c(NC(=O)CN(C)CCC)cccc1C2=O.O=C(CCl)Nc1cccc2c1C(=O)c1c(NC(=O)CCl)cccc1C2=O. The van der Waals surface area contributed by atoms with Gasteiger partial charge >= 0.3 is 0 Å². The second-order valence-corrected chi connectivity index (χ2v) is 14.7. The van der Waals surface area contributed by atoms with E-state index in [2.05, 4.69) is 21.3 Å². The minimum Gasteiger partial charge on any atom is -0.324 e. The Kier molecular flexibility index (Phi) is 16.7. The first-order chi connectivity index (χ1) is 28.7. The van der Waals surface area contributed by atoms with Crippen LogP contribution in [-0.4, -0.2) is 109 Å². The van der Waals surface area contributed by atoms with Gasteiger partial charge in [-0.3, -0.25) is 48.2 Å². The first-order valence-corrected chi connectivity index (χ1v) is 20.2. The average molecular weight is 872 g/mol. The lowest BCUT2D eigenvalue weighted by atomic mass is 9.82. The van der Waals surface area contributed by atoms with E-state index in [0.29, 0.717) is 11.4 Å². The van der Waals surface area contributed by atoms with Gasteiger partial charge in [0, 0.05) is 22.3 Å². The highest BCUT2D eigenvalue weighted by molar-refractivity contribution is 6.35. The monoisotopic (exact) mass is 870 g/mol. The molecule has 0 saturated heterocycles. The molecular weight excluding hydrogens is 823 g/mol. The summed E-state index contributed by atoms with van der Waals surface area (Å²) in [6, 6.07) is 18.9. The molecule has 0 fully saturated rings. The number of halogens is 2. The van der Waals surface area contributed by atoms with Crippen LogP contribution in [0.2, 0.25) is 0 Å². The van der Waals surface area contributed by atoms with Crippen molar-refractivity contribution < 1.29 is 38.4 Å². The summed E-state index contributed by atoms with van der Waals surface area (Å²) >= 11 is 11.0. The minimum atomic E-state index is -0.505. The van der Waals surface area contributed by atoms with Crippen LogP contribution in [-0.2, 0) is 19.2 Å². The van der Waals surface area contributed by atoms with Gasteiger partial charge in [-0.1, -0.05) is 69.8 Å². The highest BCUT2D eigenvalue weighted by atomic mass is 35.5. The average Bonchev–Trinajstić information content (AvgIpc) is 3.21. The normalized spacial score (nSPS) is 12.2. The molecule has 4 N–H and O–H groups in total. The maximum absolute atomic E-state index is 13.6. The van der Waals surface area contributed by atoms with E-state index in [0.717, 1.165) is 25.9 Å². The fourth-order valence-corrected chi connectivity index (χ4v) is 7.19. The second-order valence-electron chi connectivity index (χ2n) is 14.2. The summed E-state index contributed by atoms with van der Waals surface area (Å²) in [6.07, 6.45) is 1.83. The number of carbonyl (C=O) groups is 8. The van der Waals surface area contributed by atoms with Crippen LogP contribution < -0.4 is 21.3 Å². The van der Waals surface area contributed by atoms with Gasteiger partial charge in [-0.15, -0.1) is 23.2 Å². The Bertz CT molecular complexity index is 2240. The number of anilines is 4. The molecule has 4 aromatic carbocycles. The Morgan fingerprint density at radius 1 is 0.459 bits per heavy atom. The molecule has 0 unspecified atom stereocenters. The van der Waals surface area contributed by atoms with E-state index < -0.39 is 23.4 Å². The van der Waals surface area contributed by atoms with Gasteiger partial charge in [0.05, 0.1) is 58.1 Å². The number of nitrogens with zero attached hydrogens (tertiary/aromatic N) is 2. The summed E-state index contributed by atoms with van der Waals surface area (Å²) in [5, 5.41) is 10.6. The highest BCUT2D eigenvalue weighted by Gasteiger charge is 2.36. The molecule has 6 rings (SSSR count). The predicted octanol–water partition coefficient (Wildman–Crippen LogP) is 6.48. The van der Waals surface area contributed by atoms with Gasteiger partial charge < -0.3 is 21.3 Å². The number of benzene rings is 4. The number of alkyl halides is 2. The summed E-state index contributed by atoms with van der Waals surface area (Å²) in [5.41, 5.74) is 2.23. The lowest BCUT2D eigenvalue weighted by molar-refractivity contribution is -0.117. The number of rotatable bonds is 14. The zero-order chi connectivity index (χ0) is 43.7. The number of ketones is 4. The number of amides is 4. The maximum Gasteiger partial charge on any atom is 0.239 e. The zero-order valence-electron chi connectivity index (χ0n) is 33.5. The van der Waals surface area contributed by atoms with Crippen molar-refractivity contribution in [1.82, 2.24) is 9.80 Å². The summed E-state index contributed by atoms with van der Waals surface area (Å²) in [5.74, 6) is -3.71. The third-order valence-electron chi connectivity index (χ3n) is 9.52. The number of nitrogens with one attached hydrogen (secondary N) is 4. The standard InChI is InChI=1S/C26H32N4O4.C18H12Cl2N2O4.CH4/c1-5-13-29(3)15-21(31)27-19-11-7-9-17-23(19)26(34)24-18(25(17)33)10-8-12-20(24)28-22(32)16-30(4)14-6-2;19-7-13(23)21-11-5-1-3-9-15(11)18(26)16-10(17(9)25)4-2-6-12(16)22-14(24)8-20;/h7-12H,5-6,13-16H2,1-4H3,(H,27,31)(H,28,32);1-6H,7-8H2,(H,21,23)(H,22,24);1H4. The molecule has 2 aliphatic rings. The van der Waals surface area contributed by atoms with E-state index >= 15 is 0 Å². The Hall–Kier alpha value is -6.06. The molecule has 320 valence electrons. The van der Waals surface area contributed by atoms with Crippen LogP contribution in [0.3, 0.4) is 0 Å². The van der Waals surface area contributed by atoms with Crippen molar-refractivity contribution >= 4 is 92.7 Å². The van der Waals surface area contributed by atoms with Crippen LogP contribution >= 0.6 is 23.2 Å². The quantitative estimate of drug-likeness (QED) is 0.0883. The topological polar surface area (TPSA) is 191 Å².